The maximum atomic E-state index is 9.47. The first kappa shape index (κ1) is 13.4. The van der Waals surface area contributed by atoms with Crippen LogP contribution < -0.4 is 10.2 Å². The molecule has 1 aromatic carbocycles. The van der Waals surface area contributed by atoms with Crippen molar-refractivity contribution in [2.24, 2.45) is 0 Å². The van der Waals surface area contributed by atoms with Crippen LogP contribution in [-0.2, 0) is 13.0 Å². The van der Waals surface area contributed by atoms with Crippen LogP contribution in [0.1, 0.15) is 30.9 Å². The maximum absolute atomic E-state index is 9.47. The fraction of sp³-hybridized carbons (Fsp3) is 0.600. The van der Waals surface area contributed by atoms with Crippen LogP contribution in [0, 0.1) is 0 Å². The molecule has 0 fully saturated rings. The van der Waals surface area contributed by atoms with Crippen molar-refractivity contribution >= 4 is 5.69 Å². The Kier molecular flexibility index (Phi) is 4.61. The van der Waals surface area contributed by atoms with Crippen molar-refractivity contribution in [2.45, 2.75) is 38.8 Å². The number of rotatable bonds is 6. The molecule has 1 aliphatic rings. The van der Waals surface area contributed by atoms with Gasteiger partial charge in [0, 0.05) is 25.8 Å². The summed E-state index contributed by atoms with van der Waals surface area (Å²) in [6.07, 6.45) is 2.68. The van der Waals surface area contributed by atoms with Crippen molar-refractivity contribution in [3.63, 3.8) is 0 Å². The Morgan fingerprint density at radius 2 is 2.28 bits per heavy atom. The van der Waals surface area contributed by atoms with Crippen LogP contribution in [0.15, 0.2) is 18.2 Å². The summed E-state index contributed by atoms with van der Waals surface area (Å²) in [7, 11) is 2.15. The highest BCUT2D eigenvalue weighted by atomic mass is 16.3. The van der Waals surface area contributed by atoms with Gasteiger partial charge in [0.05, 0.1) is 6.10 Å². The summed E-state index contributed by atoms with van der Waals surface area (Å²) in [6, 6.07) is 6.73. The molecule has 3 heteroatoms. The molecular formula is C15H24N2O. The highest BCUT2D eigenvalue weighted by Gasteiger charge is 2.15. The number of aliphatic hydroxyl groups is 1. The summed E-state index contributed by atoms with van der Waals surface area (Å²) in [5.74, 6) is 0. The van der Waals surface area contributed by atoms with Crippen LogP contribution in [0.3, 0.4) is 0 Å². The summed E-state index contributed by atoms with van der Waals surface area (Å²) in [5.41, 5.74) is 4.18. The molecule has 0 radical (unpaired) electrons. The van der Waals surface area contributed by atoms with Crippen molar-refractivity contribution in [2.75, 3.05) is 25.0 Å². The zero-order valence-corrected chi connectivity index (χ0v) is 11.4. The molecule has 1 unspecified atom stereocenters. The van der Waals surface area contributed by atoms with E-state index in [-0.39, 0.29) is 6.10 Å². The van der Waals surface area contributed by atoms with Crippen molar-refractivity contribution < 1.29 is 5.11 Å². The topological polar surface area (TPSA) is 35.5 Å². The molecule has 1 aliphatic heterocycles. The quantitative estimate of drug-likeness (QED) is 0.755. The molecule has 1 atom stereocenters. The van der Waals surface area contributed by atoms with Gasteiger partial charge >= 0.3 is 0 Å². The summed E-state index contributed by atoms with van der Waals surface area (Å²) in [5, 5.41) is 12.9. The molecule has 1 heterocycles. The number of nitrogens with zero attached hydrogens (tertiary/aromatic N) is 1. The van der Waals surface area contributed by atoms with Gasteiger partial charge in [-0.25, -0.2) is 0 Å². The van der Waals surface area contributed by atoms with E-state index in [1.54, 1.807) is 0 Å². The summed E-state index contributed by atoms with van der Waals surface area (Å²) < 4.78 is 0. The monoisotopic (exact) mass is 248 g/mol. The van der Waals surface area contributed by atoms with Gasteiger partial charge in [0.2, 0.25) is 0 Å². The number of aliphatic hydroxyl groups excluding tert-OH is 1. The Hall–Kier alpha value is -1.06. The lowest BCUT2D eigenvalue weighted by Gasteiger charge is -2.13. The van der Waals surface area contributed by atoms with Gasteiger partial charge in [-0.15, -0.1) is 0 Å². The van der Waals surface area contributed by atoms with E-state index >= 15 is 0 Å². The first-order valence-electron chi connectivity index (χ1n) is 6.92. The predicted octanol–water partition coefficient (Wildman–Crippen LogP) is 1.93. The summed E-state index contributed by atoms with van der Waals surface area (Å²) in [6.45, 7) is 4.93. The van der Waals surface area contributed by atoms with Crippen molar-refractivity contribution in [3.8, 4) is 0 Å². The standard InChI is InChI=1S/C15H24N2O/c1-3-14(18)6-8-16-11-12-4-5-15-13(10-12)7-9-17(15)2/h4-5,10,14,16,18H,3,6-9,11H2,1-2H3. The first-order chi connectivity index (χ1) is 8.70. The lowest BCUT2D eigenvalue weighted by molar-refractivity contribution is 0.159. The lowest BCUT2D eigenvalue weighted by atomic mass is 10.1. The van der Waals surface area contributed by atoms with Crippen LogP contribution in [-0.4, -0.2) is 31.3 Å². The van der Waals surface area contributed by atoms with Gasteiger partial charge in [0.25, 0.3) is 0 Å². The van der Waals surface area contributed by atoms with Crippen LogP contribution >= 0.6 is 0 Å². The minimum Gasteiger partial charge on any atom is -0.393 e. The van der Waals surface area contributed by atoms with Crippen LogP contribution in [0.2, 0.25) is 0 Å². The molecule has 2 N–H and O–H groups in total. The van der Waals surface area contributed by atoms with Crippen molar-refractivity contribution in [1.29, 1.82) is 0 Å². The van der Waals surface area contributed by atoms with Crippen LogP contribution in [0.5, 0.6) is 0 Å². The van der Waals surface area contributed by atoms with Gasteiger partial charge < -0.3 is 15.3 Å². The van der Waals surface area contributed by atoms with E-state index in [1.165, 1.54) is 16.8 Å². The molecule has 0 aliphatic carbocycles. The van der Waals surface area contributed by atoms with E-state index in [4.69, 9.17) is 0 Å². The van der Waals surface area contributed by atoms with Gasteiger partial charge in [0.1, 0.15) is 0 Å². The zero-order chi connectivity index (χ0) is 13.0. The van der Waals surface area contributed by atoms with E-state index in [1.807, 2.05) is 6.92 Å². The molecular weight excluding hydrogens is 224 g/mol. The molecule has 0 saturated heterocycles. The summed E-state index contributed by atoms with van der Waals surface area (Å²) >= 11 is 0. The third-order valence-corrected chi connectivity index (χ3v) is 3.73. The second-order valence-electron chi connectivity index (χ2n) is 5.16. The smallest absolute Gasteiger partial charge is 0.0549 e. The fourth-order valence-corrected chi connectivity index (χ4v) is 2.44. The van der Waals surface area contributed by atoms with Gasteiger partial charge in [-0.2, -0.15) is 0 Å². The Labute approximate surface area is 110 Å². The number of benzene rings is 1. The maximum Gasteiger partial charge on any atom is 0.0549 e. The molecule has 1 aromatic rings. The number of likely N-dealkylation sites (N-methyl/N-ethyl adjacent to an activating group) is 1. The summed E-state index contributed by atoms with van der Waals surface area (Å²) in [4.78, 5) is 2.31. The zero-order valence-electron chi connectivity index (χ0n) is 11.4. The molecule has 0 bridgehead atoms. The predicted molar refractivity (Wildman–Crippen MR) is 76.0 cm³/mol. The number of anilines is 1. The molecule has 100 valence electrons. The number of hydrogen-bond donors (Lipinski definition) is 2. The highest BCUT2D eigenvalue weighted by Crippen LogP contribution is 2.27. The third kappa shape index (κ3) is 3.24. The third-order valence-electron chi connectivity index (χ3n) is 3.73. The van der Waals surface area contributed by atoms with Gasteiger partial charge in [-0.05, 0) is 43.0 Å². The van der Waals surface area contributed by atoms with Crippen LogP contribution in [0.4, 0.5) is 5.69 Å². The fourth-order valence-electron chi connectivity index (χ4n) is 2.44. The van der Waals surface area contributed by atoms with Crippen LogP contribution in [0.25, 0.3) is 0 Å². The van der Waals surface area contributed by atoms with Crippen molar-refractivity contribution in [3.05, 3.63) is 29.3 Å². The average molecular weight is 248 g/mol. The van der Waals surface area contributed by atoms with Gasteiger partial charge in [0.15, 0.2) is 0 Å². The van der Waals surface area contributed by atoms with E-state index in [2.05, 4.69) is 35.5 Å². The Morgan fingerprint density at radius 1 is 1.44 bits per heavy atom. The van der Waals surface area contributed by atoms with E-state index in [9.17, 15) is 5.11 Å². The average Bonchev–Trinajstić information content (AvgIpc) is 2.76. The lowest BCUT2D eigenvalue weighted by Crippen LogP contribution is -2.19. The molecule has 0 spiro atoms. The molecule has 3 nitrogen and oxygen atoms in total. The number of fused-ring (bicyclic) bond motifs is 1. The molecule has 2 rings (SSSR count). The highest BCUT2D eigenvalue weighted by molar-refractivity contribution is 5.58. The second-order valence-corrected chi connectivity index (χ2v) is 5.16. The molecule has 0 aromatic heterocycles. The Morgan fingerprint density at radius 3 is 3.06 bits per heavy atom. The minimum atomic E-state index is -0.161. The number of nitrogens with one attached hydrogen (secondary N) is 1. The minimum absolute atomic E-state index is 0.161. The largest absolute Gasteiger partial charge is 0.393 e. The van der Waals surface area contributed by atoms with E-state index in [0.29, 0.717) is 0 Å². The SMILES string of the molecule is CCC(O)CCNCc1ccc2c(c1)CCN2C. The second kappa shape index (κ2) is 6.21. The Bertz CT molecular complexity index is 392. The Balaban J connectivity index is 1.80. The van der Waals surface area contributed by atoms with Gasteiger partial charge in [-0.3, -0.25) is 0 Å². The van der Waals surface area contributed by atoms with Gasteiger partial charge in [-0.1, -0.05) is 19.1 Å². The first-order valence-corrected chi connectivity index (χ1v) is 6.92. The van der Waals surface area contributed by atoms with E-state index < -0.39 is 0 Å². The molecule has 0 amide bonds. The molecule has 18 heavy (non-hydrogen) atoms. The van der Waals surface area contributed by atoms with Crippen molar-refractivity contribution in [1.82, 2.24) is 5.32 Å². The van der Waals surface area contributed by atoms with E-state index in [0.717, 1.165) is 38.9 Å². The number of hydrogen-bond acceptors (Lipinski definition) is 3. The molecule has 0 saturated carbocycles. The normalized spacial score (nSPS) is 15.8.